The smallest absolute Gasteiger partial charge is 0.274 e. The Morgan fingerprint density at radius 3 is 2.88 bits per heavy atom. The number of rotatable bonds is 2. The van der Waals surface area contributed by atoms with Crippen molar-refractivity contribution in [1.82, 2.24) is 10.4 Å². The number of hydrogen-bond donors (Lipinski definition) is 2. The van der Waals surface area contributed by atoms with Crippen molar-refractivity contribution in [2.75, 3.05) is 19.8 Å². The largest absolute Gasteiger partial charge is 0.381 e. The molecule has 1 saturated heterocycles. The zero-order valence-electron chi connectivity index (χ0n) is 14.4. The summed E-state index contributed by atoms with van der Waals surface area (Å²) in [4.78, 5) is 14.0. The molecule has 1 saturated carbocycles. The fraction of sp³-hybridized carbons (Fsp3) is 0.632. The second-order valence-corrected chi connectivity index (χ2v) is 7.77. The summed E-state index contributed by atoms with van der Waals surface area (Å²) in [5.74, 6) is -1.01. The third-order valence-electron chi connectivity index (χ3n) is 6.43. The van der Waals surface area contributed by atoms with Gasteiger partial charge in [0.15, 0.2) is 0 Å². The Morgan fingerprint density at radius 1 is 1.32 bits per heavy atom. The molecule has 2 heterocycles. The number of nitrogens with one attached hydrogen (secondary N) is 1. The van der Waals surface area contributed by atoms with Gasteiger partial charge in [0, 0.05) is 43.5 Å². The fourth-order valence-electron chi connectivity index (χ4n) is 4.89. The van der Waals surface area contributed by atoms with E-state index in [0.29, 0.717) is 23.6 Å². The van der Waals surface area contributed by atoms with E-state index in [1.165, 1.54) is 25.3 Å². The molecule has 0 unspecified atom stereocenters. The maximum Gasteiger partial charge on any atom is 0.274 e. The van der Waals surface area contributed by atoms with Crippen LogP contribution in [0.25, 0.3) is 0 Å². The van der Waals surface area contributed by atoms with E-state index in [1.807, 2.05) is 0 Å². The first-order chi connectivity index (χ1) is 12.1. The van der Waals surface area contributed by atoms with Crippen molar-refractivity contribution in [2.45, 2.75) is 51.1 Å². The lowest BCUT2D eigenvalue weighted by Gasteiger charge is -2.37. The molecule has 0 aromatic heterocycles. The Bertz CT molecular complexity index is 673. The number of ether oxygens (including phenoxy) is 1. The van der Waals surface area contributed by atoms with E-state index in [1.54, 1.807) is 11.5 Å². The molecule has 136 valence electrons. The van der Waals surface area contributed by atoms with E-state index in [-0.39, 0.29) is 11.4 Å². The van der Waals surface area contributed by atoms with E-state index in [2.05, 4.69) is 4.90 Å². The molecule has 0 radical (unpaired) electrons. The normalized spacial score (nSPS) is 25.8. The predicted molar refractivity (Wildman–Crippen MR) is 89.9 cm³/mol. The van der Waals surface area contributed by atoms with Gasteiger partial charge in [-0.2, -0.15) is 0 Å². The lowest BCUT2D eigenvalue weighted by atomic mass is 9.78. The lowest BCUT2D eigenvalue weighted by Crippen LogP contribution is -2.39. The summed E-state index contributed by atoms with van der Waals surface area (Å²) in [6.45, 7) is 3.26. The van der Waals surface area contributed by atoms with Gasteiger partial charge in [-0.15, -0.1) is 0 Å². The molecule has 4 rings (SSSR count). The van der Waals surface area contributed by atoms with E-state index in [0.717, 1.165) is 44.6 Å². The molecule has 0 bridgehead atoms. The van der Waals surface area contributed by atoms with E-state index in [9.17, 15) is 9.18 Å². The second-order valence-electron chi connectivity index (χ2n) is 7.77. The topological polar surface area (TPSA) is 61.8 Å². The highest BCUT2D eigenvalue weighted by molar-refractivity contribution is 5.93. The summed E-state index contributed by atoms with van der Waals surface area (Å²) < 4.78 is 20.1. The number of fused-ring (bicyclic) bond motifs is 1. The number of carbonyl (C=O) groups is 1. The number of hydrogen-bond acceptors (Lipinski definition) is 4. The average Bonchev–Trinajstić information content (AvgIpc) is 3.04. The fourth-order valence-corrected chi connectivity index (χ4v) is 4.89. The van der Waals surface area contributed by atoms with Gasteiger partial charge in [0.25, 0.3) is 5.91 Å². The molecule has 1 aromatic carbocycles. The molecule has 2 aliphatic heterocycles. The Morgan fingerprint density at radius 2 is 2.12 bits per heavy atom. The van der Waals surface area contributed by atoms with Crippen LogP contribution in [-0.2, 0) is 17.7 Å². The number of halogens is 1. The maximum absolute atomic E-state index is 14.5. The molecule has 1 amide bonds. The van der Waals surface area contributed by atoms with Crippen LogP contribution in [0.3, 0.4) is 0 Å². The maximum atomic E-state index is 14.5. The van der Waals surface area contributed by atoms with Crippen molar-refractivity contribution in [2.24, 2.45) is 5.41 Å². The molecule has 1 atom stereocenters. The Balaban J connectivity index is 1.49. The zero-order chi connectivity index (χ0) is 17.4. The molecule has 5 nitrogen and oxygen atoms in total. The van der Waals surface area contributed by atoms with Crippen LogP contribution in [0.5, 0.6) is 0 Å². The van der Waals surface area contributed by atoms with Crippen molar-refractivity contribution >= 4 is 5.91 Å². The molecular formula is C19H25FN2O3. The minimum Gasteiger partial charge on any atom is -0.381 e. The highest BCUT2D eigenvalue weighted by Gasteiger charge is 2.42. The SMILES string of the molecule is O=C(NO)c1cc(F)c2c(c1)CCN([C@H]1CCC3(CCOCC3)C1)C2. The monoisotopic (exact) mass is 348 g/mol. The number of hydroxylamine groups is 1. The highest BCUT2D eigenvalue weighted by Crippen LogP contribution is 2.48. The standard InChI is InChI=1S/C19H25FN2O3/c20-17-10-14(18(23)21-24)9-13-2-6-22(12-16(13)17)15-1-3-19(11-15)4-7-25-8-5-19/h9-10,15,24H,1-8,11-12H2,(H,21,23)/t15-/m0/s1. The van der Waals surface area contributed by atoms with Gasteiger partial charge in [-0.25, -0.2) is 9.87 Å². The third-order valence-corrected chi connectivity index (χ3v) is 6.43. The summed E-state index contributed by atoms with van der Waals surface area (Å²) in [5.41, 5.74) is 3.77. The summed E-state index contributed by atoms with van der Waals surface area (Å²) in [7, 11) is 0. The number of carbonyl (C=O) groups excluding carboxylic acids is 1. The molecule has 6 heteroatoms. The minimum absolute atomic E-state index is 0.175. The average molecular weight is 348 g/mol. The van der Waals surface area contributed by atoms with Crippen molar-refractivity contribution in [3.05, 3.63) is 34.6 Å². The second kappa shape index (κ2) is 6.67. The summed E-state index contributed by atoms with van der Waals surface area (Å²) in [5, 5.41) is 8.75. The molecule has 2 N–H and O–H groups in total. The van der Waals surface area contributed by atoms with Crippen molar-refractivity contribution < 1.29 is 19.1 Å². The minimum atomic E-state index is -0.665. The summed E-state index contributed by atoms with van der Waals surface area (Å²) >= 11 is 0. The van der Waals surface area contributed by atoms with Crippen LogP contribution < -0.4 is 5.48 Å². The van der Waals surface area contributed by atoms with Crippen LogP contribution in [0.15, 0.2) is 12.1 Å². The van der Waals surface area contributed by atoms with Gasteiger partial charge in [0.05, 0.1) is 0 Å². The number of benzene rings is 1. The summed E-state index contributed by atoms with van der Waals surface area (Å²) in [6.07, 6.45) is 6.68. The Kier molecular flexibility index (Phi) is 4.52. The van der Waals surface area contributed by atoms with Crippen LogP contribution in [0, 0.1) is 11.2 Å². The molecule has 1 spiro atoms. The van der Waals surface area contributed by atoms with E-state index >= 15 is 0 Å². The molecule has 1 aliphatic carbocycles. The van der Waals surface area contributed by atoms with Crippen LogP contribution in [0.1, 0.15) is 53.6 Å². The highest BCUT2D eigenvalue weighted by atomic mass is 19.1. The van der Waals surface area contributed by atoms with Gasteiger partial charge in [-0.1, -0.05) is 0 Å². The van der Waals surface area contributed by atoms with Crippen molar-refractivity contribution in [1.29, 1.82) is 0 Å². The van der Waals surface area contributed by atoms with E-state index in [4.69, 9.17) is 9.94 Å². The zero-order valence-corrected chi connectivity index (χ0v) is 14.4. The molecule has 2 fully saturated rings. The molecule has 1 aromatic rings. The van der Waals surface area contributed by atoms with Gasteiger partial charge >= 0.3 is 0 Å². The number of amides is 1. The van der Waals surface area contributed by atoms with Crippen LogP contribution in [0.4, 0.5) is 4.39 Å². The van der Waals surface area contributed by atoms with E-state index < -0.39 is 5.91 Å². The quantitative estimate of drug-likeness (QED) is 0.637. The van der Waals surface area contributed by atoms with Gasteiger partial charge < -0.3 is 4.74 Å². The predicted octanol–water partition coefficient (Wildman–Crippen LogP) is 2.65. The first-order valence-electron chi connectivity index (χ1n) is 9.18. The van der Waals surface area contributed by atoms with Crippen LogP contribution >= 0.6 is 0 Å². The first-order valence-corrected chi connectivity index (χ1v) is 9.18. The van der Waals surface area contributed by atoms with Crippen LogP contribution in [-0.4, -0.2) is 41.8 Å². The number of nitrogens with zero attached hydrogens (tertiary/aromatic N) is 1. The van der Waals surface area contributed by atoms with Crippen molar-refractivity contribution in [3.8, 4) is 0 Å². The molecule has 25 heavy (non-hydrogen) atoms. The Labute approximate surface area is 147 Å². The Hall–Kier alpha value is -1.50. The van der Waals surface area contributed by atoms with Gasteiger partial charge in [-0.3, -0.25) is 14.9 Å². The van der Waals surface area contributed by atoms with Gasteiger partial charge in [0.1, 0.15) is 5.82 Å². The van der Waals surface area contributed by atoms with Gasteiger partial charge in [0.2, 0.25) is 0 Å². The molecular weight excluding hydrogens is 323 g/mol. The molecule has 3 aliphatic rings. The summed E-state index contributed by atoms with van der Waals surface area (Å²) in [6, 6.07) is 3.45. The van der Waals surface area contributed by atoms with Crippen LogP contribution in [0.2, 0.25) is 0 Å². The third kappa shape index (κ3) is 3.18. The first kappa shape index (κ1) is 16.9. The van der Waals surface area contributed by atoms with Gasteiger partial charge in [-0.05, 0) is 61.6 Å². The lowest BCUT2D eigenvalue weighted by molar-refractivity contribution is 0.0133. The van der Waals surface area contributed by atoms with Crippen molar-refractivity contribution in [3.63, 3.8) is 0 Å².